The highest BCUT2D eigenvalue weighted by molar-refractivity contribution is 6.34. The van der Waals surface area contributed by atoms with E-state index in [4.69, 9.17) is 28.9 Å². The predicted molar refractivity (Wildman–Crippen MR) is 127 cm³/mol. The lowest BCUT2D eigenvalue weighted by atomic mass is 10.1. The van der Waals surface area contributed by atoms with Gasteiger partial charge in [0.05, 0.1) is 13.5 Å². The second-order valence-electron chi connectivity index (χ2n) is 6.79. The standard InChI is InChI=1S/C23H29Cl2N3O4/c1-4-7-15(22(30)27-11-10-20(29)32-3)8-6-9-19(5-2)28-23(31)21(26)16-12-17(24)14-18(25)13-16/h4,6-9,12-14,19,21H,5,10-11,26H2,1-3H3,(H,27,30)(H,28,31)/b7-4-,9-6+,15-8+. The van der Waals surface area contributed by atoms with Gasteiger partial charge in [0.25, 0.3) is 5.91 Å². The number of amides is 2. The van der Waals surface area contributed by atoms with Crippen LogP contribution in [-0.4, -0.2) is 37.5 Å². The van der Waals surface area contributed by atoms with E-state index in [1.165, 1.54) is 7.11 Å². The van der Waals surface area contributed by atoms with Crippen molar-refractivity contribution in [2.45, 2.75) is 38.8 Å². The second kappa shape index (κ2) is 14.5. The van der Waals surface area contributed by atoms with Crippen LogP contribution in [-0.2, 0) is 19.1 Å². The van der Waals surface area contributed by atoms with E-state index < -0.39 is 12.0 Å². The number of carbonyl (C=O) groups excluding carboxylic acids is 3. The third-order valence-corrected chi connectivity index (χ3v) is 4.80. The average Bonchev–Trinajstić information content (AvgIpc) is 2.75. The Hall–Kier alpha value is -2.61. The summed E-state index contributed by atoms with van der Waals surface area (Å²) < 4.78 is 4.55. The summed E-state index contributed by atoms with van der Waals surface area (Å²) in [6, 6.07) is 3.53. The predicted octanol–water partition coefficient (Wildman–Crippen LogP) is 3.63. The molecule has 7 nitrogen and oxygen atoms in total. The number of ether oxygens (including phenoxy) is 1. The third kappa shape index (κ3) is 9.68. The van der Waals surface area contributed by atoms with Gasteiger partial charge in [-0.25, -0.2) is 0 Å². The Morgan fingerprint density at radius 2 is 1.84 bits per heavy atom. The fourth-order valence-corrected chi connectivity index (χ4v) is 3.17. The average molecular weight is 482 g/mol. The highest BCUT2D eigenvalue weighted by Gasteiger charge is 2.18. The number of hydrogen-bond donors (Lipinski definition) is 3. The van der Waals surface area contributed by atoms with Crippen molar-refractivity contribution in [3.63, 3.8) is 0 Å². The molecule has 2 atom stereocenters. The largest absolute Gasteiger partial charge is 0.469 e. The monoisotopic (exact) mass is 481 g/mol. The summed E-state index contributed by atoms with van der Waals surface area (Å²) in [5, 5.41) is 6.31. The van der Waals surface area contributed by atoms with E-state index >= 15 is 0 Å². The van der Waals surface area contributed by atoms with Crippen molar-refractivity contribution in [2.75, 3.05) is 13.7 Å². The van der Waals surface area contributed by atoms with Gasteiger partial charge in [-0.1, -0.05) is 54.4 Å². The number of carbonyl (C=O) groups is 3. The molecule has 0 radical (unpaired) electrons. The zero-order valence-electron chi connectivity index (χ0n) is 18.4. The quantitative estimate of drug-likeness (QED) is 0.254. The number of nitrogens with two attached hydrogens (primary N) is 1. The number of benzene rings is 1. The molecule has 0 spiro atoms. The molecule has 0 fully saturated rings. The van der Waals surface area contributed by atoms with Crippen LogP contribution in [0.3, 0.4) is 0 Å². The molecule has 32 heavy (non-hydrogen) atoms. The van der Waals surface area contributed by atoms with Crippen LogP contribution in [0.4, 0.5) is 0 Å². The summed E-state index contributed by atoms with van der Waals surface area (Å²) >= 11 is 12.0. The van der Waals surface area contributed by atoms with Gasteiger partial charge in [-0.05, 0) is 43.2 Å². The van der Waals surface area contributed by atoms with Gasteiger partial charge in [0.1, 0.15) is 6.04 Å². The van der Waals surface area contributed by atoms with Gasteiger partial charge in [-0.15, -0.1) is 0 Å². The minimum Gasteiger partial charge on any atom is -0.469 e. The van der Waals surface area contributed by atoms with Crippen molar-refractivity contribution >= 4 is 41.0 Å². The SMILES string of the molecule is C\C=C/C(=C\C=C\C(CC)NC(=O)C(N)c1cc(Cl)cc(Cl)c1)C(=O)NCCC(=O)OC. The minimum atomic E-state index is -0.927. The molecule has 0 saturated carbocycles. The van der Waals surface area contributed by atoms with Crippen LogP contribution in [0.2, 0.25) is 10.0 Å². The molecule has 0 bridgehead atoms. The molecule has 0 saturated heterocycles. The number of rotatable bonds is 11. The summed E-state index contributed by atoms with van der Waals surface area (Å²) in [5.41, 5.74) is 6.97. The molecule has 0 aliphatic carbocycles. The first kappa shape index (κ1) is 27.4. The van der Waals surface area contributed by atoms with Crippen LogP contribution in [0.15, 0.2) is 54.2 Å². The highest BCUT2D eigenvalue weighted by Crippen LogP contribution is 2.22. The summed E-state index contributed by atoms with van der Waals surface area (Å²) in [6.45, 7) is 3.87. The van der Waals surface area contributed by atoms with Crippen molar-refractivity contribution in [2.24, 2.45) is 5.73 Å². The summed E-state index contributed by atoms with van der Waals surface area (Å²) in [6.07, 6.45) is 9.15. The smallest absolute Gasteiger partial charge is 0.307 e. The minimum absolute atomic E-state index is 0.0865. The lowest BCUT2D eigenvalue weighted by Crippen LogP contribution is -2.39. The zero-order chi connectivity index (χ0) is 24.1. The molecular formula is C23H29Cl2N3O4. The summed E-state index contributed by atoms with van der Waals surface area (Å²) in [7, 11) is 1.29. The van der Waals surface area contributed by atoms with Gasteiger partial charge >= 0.3 is 5.97 Å². The summed E-state index contributed by atoms with van der Waals surface area (Å²) in [5.74, 6) is -1.10. The van der Waals surface area contributed by atoms with E-state index in [-0.39, 0.29) is 30.8 Å². The van der Waals surface area contributed by atoms with E-state index in [0.717, 1.165) is 0 Å². The van der Waals surface area contributed by atoms with Crippen LogP contribution < -0.4 is 16.4 Å². The van der Waals surface area contributed by atoms with Crippen LogP contribution in [0, 0.1) is 0 Å². The van der Waals surface area contributed by atoms with E-state index in [9.17, 15) is 14.4 Å². The van der Waals surface area contributed by atoms with Gasteiger partial charge in [-0.2, -0.15) is 0 Å². The van der Waals surface area contributed by atoms with Gasteiger partial charge in [0.2, 0.25) is 5.91 Å². The fraction of sp³-hybridized carbons (Fsp3) is 0.348. The molecule has 2 amide bonds. The summed E-state index contributed by atoms with van der Waals surface area (Å²) in [4.78, 5) is 36.0. The van der Waals surface area contributed by atoms with Gasteiger partial charge in [-0.3, -0.25) is 14.4 Å². The molecular weight excluding hydrogens is 453 g/mol. The Morgan fingerprint density at radius 3 is 2.41 bits per heavy atom. The molecule has 0 heterocycles. The first-order valence-electron chi connectivity index (χ1n) is 10.1. The van der Waals surface area contributed by atoms with Crippen molar-refractivity contribution < 1.29 is 19.1 Å². The number of esters is 1. The Kier molecular flexibility index (Phi) is 12.4. The molecule has 174 valence electrons. The van der Waals surface area contributed by atoms with Crippen LogP contribution in [0.5, 0.6) is 0 Å². The van der Waals surface area contributed by atoms with Crippen molar-refractivity contribution in [3.8, 4) is 0 Å². The molecule has 1 aromatic rings. The first-order valence-corrected chi connectivity index (χ1v) is 10.9. The van der Waals surface area contributed by atoms with E-state index in [1.54, 1.807) is 55.5 Å². The maximum Gasteiger partial charge on any atom is 0.307 e. The van der Waals surface area contributed by atoms with Crippen LogP contribution in [0.1, 0.15) is 38.3 Å². The maximum atomic E-state index is 12.6. The number of halogens is 2. The van der Waals surface area contributed by atoms with Gasteiger partial charge in [0, 0.05) is 28.2 Å². The molecule has 1 aromatic carbocycles. The third-order valence-electron chi connectivity index (χ3n) is 4.36. The molecule has 0 aromatic heterocycles. The van der Waals surface area contributed by atoms with Crippen LogP contribution >= 0.6 is 23.2 Å². The van der Waals surface area contributed by atoms with Crippen molar-refractivity contribution in [1.29, 1.82) is 0 Å². The molecule has 9 heteroatoms. The van der Waals surface area contributed by atoms with Gasteiger partial charge < -0.3 is 21.1 Å². The lowest BCUT2D eigenvalue weighted by Gasteiger charge is -2.17. The molecule has 0 aliphatic heterocycles. The Labute approximate surface area is 198 Å². The maximum absolute atomic E-state index is 12.6. The zero-order valence-corrected chi connectivity index (χ0v) is 19.9. The molecule has 1 rings (SSSR count). The lowest BCUT2D eigenvalue weighted by molar-refractivity contribution is -0.140. The number of allylic oxidation sites excluding steroid dienone is 3. The number of nitrogens with one attached hydrogen (secondary N) is 2. The van der Waals surface area contributed by atoms with E-state index in [0.29, 0.717) is 27.6 Å². The normalized spacial score (nSPS) is 13.8. The molecule has 0 aliphatic rings. The van der Waals surface area contributed by atoms with Crippen molar-refractivity contribution in [3.05, 3.63) is 69.8 Å². The topological polar surface area (TPSA) is 111 Å². The Bertz CT molecular complexity index is 877. The number of methoxy groups -OCH3 is 1. The number of hydrogen-bond acceptors (Lipinski definition) is 5. The Morgan fingerprint density at radius 1 is 1.19 bits per heavy atom. The highest BCUT2D eigenvalue weighted by atomic mass is 35.5. The first-order chi connectivity index (χ1) is 15.2. The van der Waals surface area contributed by atoms with Gasteiger partial charge in [0.15, 0.2) is 0 Å². The second-order valence-corrected chi connectivity index (χ2v) is 7.67. The Balaban J connectivity index is 2.78. The van der Waals surface area contributed by atoms with E-state index in [2.05, 4.69) is 15.4 Å². The molecule has 4 N–H and O–H groups in total. The molecule has 2 unspecified atom stereocenters. The fourth-order valence-electron chi connectivity index (χ4n) is 2.63. The van der Waals surface area contributed by atoms with Crippen LogP contribution in [0.25, 0.3) is 0 Å². The van der Waals surface area contributed by atoms with E-state index in [1.807, 2.05) is 6.92 Å². The van der Waals surface area contributed by atoms with Crippen molar-refractivity contribution in [1.82, 2.24) is 10.6 Å².